The van der Waals surface area contributed by atoms with E-state index in [2.05, 4.69) is 0 Å². The molecule has 144 valence electrons. The molecule has 28 heavy (non-hydrogen) atoms. The van der Waals surface area contributed by atoms with Gasteiger partial charge in [0.2, 0.25) is 0 Å². The maximum absolute atomic E-state index is 12.9. The largest absolute Gasteiger partial charge is 0.497 e. The van der Waals surface area contributed by atoms with Gasteiger partial charge in [-0.15, -0.1) is 11.8 Å². The lowest BCUT2D eigenvalue weighted by Crippen LogP contribution is -2.06. The number of carbonyl (C=O) groups excluding carboxylic acids is 1. The van der Waals surface area contributed by atoms with Crippen LogP contribution in [0.4, 0.5) is 0 Å². The number of methoxy groups -OCH3 is 2. The van der Waals surface area contributed by atoms with Gasteiger partial charge in [-0.2, -0.15) is 0 Å². The van der Waals surface area contributed by atoms with Gasteiger partial charge in [0.25, 0.3) is 0 Å². The summed E-state index contributed by atoms with van der Waals surface area (Å²) in [7, 11) is 3.25. The van der Waals surface area contributed by atoms with Crippen molar-refractivity contribution in [2.45, 2.75) is 16.6 Å². The molecule has 3 aromatic carbocycles. The lowest BCUT2D eigenvalue weighted by atomic mass is 10.0. The van der Waals surface area contributed by atoms with Crippen molar-refractivity contribution in [2.75, 3.05) is 14.2 Å². The van der Waals surface area contributed by atoms with Crippen LogP contribution in [0.3, 0.4) is 0 Å². The van der Waals surface area contributed by atoms with Crippen molar-refractivity contribution in [1.29, 1.82) is 0 Å². The number of Topliss-reactive ketones (excluding diaryl/α,β-unsaturated/α-hetero) is 1. The fraction of sp³-hybridized carbons (Fsp3) is 0.174. The predicted octanol–water partition coefficient (Wildman–Crippen LogP) is 6.46. The molecule has 0 fully saturated rings. The van der Waals surface area contributed by atoms with Crippen LogP contribution in [-0.2, 0) is 0 Å². The number of carbonyl (C=O) groups is 1. The molecule has 3 nitrogen and oxygen atoms in total. The highest BCUT2D eigenvalue weighted by Gasteiger charge is 2.21. The Hall–Kier alpha value is -2.43. The van der Waals surface area contributed by atoms with Gasteiger partial charge in [0.05, 0.1) is 14.2 Å². The summed E-state index contributed by atoms with van der Waals surface area (Å²) in [4.78, 5) is 14.0. The summed E-state index contributed by atoms with van der Waals surface area (Å²) < 4.78 is 10.4. The molecule has 0 aromatic heterocycles. The van der Waals surface area contributed by atoms with E-state index in [1.165, 1.54) is 0 Å². The molecular weight excluding hydrogens is 392 g/mol. The number of hydrogen-bond donors (Lipinski definition) is 0. The molecule has 0 aliphatic carbocycles. The molecule has 0 N–H and O–H groups in total. The Balaban J connectivity index is 1.84. The van der Waals surface area contributed by atoms with Gasteiger partial charge in [0.1, 0.15) is 11.5 Å². The fourth-order valence-corrected chi connectivity index (χ4v) is 4.35. The van der Waals surface area contributed by atoms with Crippen LogP contribution >= 0.6 is 23.4 Å². The van der Waals surface area contributed by atoms with Crippen molar-refractivity contribution in [3.05, 3.63) is 88.9 Å². The van der Waals surface area contributed by atoms with Gasteiger partial charge in [0.15, 0.2) is 5.78 Å². The molecule has 0 radical (unpaired) electrons. The van der Waals surface area contributed by atoms with Gasteiger partial charge < -0.3 is 9.47 Å². The number of benzene rings is 3. The summed E-state index contributed by atoms with van der Waals surface area (Å²) in [6.45, 7) is 0. The van der Waals surface area contributed by atoms with Gasteiger partial charge >= 0.3 is 0 Å². The van der Waals surface area contributed by atoms with E-state index in [1.807, 2.05) is 48.5 Å². The molecular formula is C23H21ClO3S. The second kappa shape index (κ2) is 9.67. The van der Waals surface area contributed by atoms with E-state index in [1.54, 1.807) is 50.2 Å². The topological polar surface area (TPSA) is 35.5 Å². The van der Waals surface area contributed by atoms with Crippen LogP contribution in [-0.4, -0.2) is 20.0 Å². The first-order chi connectivity index (χ1) is 13.6. The fourth-order valence-electron chi connectivity index (χ4n) is 2.83. The number of ether oxygens (including phenoxy) is 2. The monoisotopic (exact) mass is 412 g/mol. The minimum atomic E-state index is -0.100. The van der Waals surface area contributed by atoms with Gasteiger partial charge in [-0.1, -0.05) is 29.8 Å². The Morgan fingerprint density at radius 2 is 1.46 bits per heavy atom. The second-order valence-corrected chi connectivity index (χ2v) is 7.84. The Kier molecular flexibility index (Phi) is 7.01. The predicted molar refractivity (Wildman–Crippen MR) is 115 cm³/mol. The van der Waals surface area contributed by atoms with E-state index in [0.29, 0.717) is 17.0 Å². The zero-order chi connectivity index (χ0) is 19.9. The molecule has 1 unspecified atom stereocenters. The van der Waals surface area contributed by atoms with Crippen molar-refractivity contribution >= 4 is 29.1 Å². The van der Waals surface area contributed by atoms with E-state index in [4.69, 9.17) is 21.1 Å². The van der Waals surface area contributed by atoms with Crippen molar-refractivity contribution in [3.63, 3.8) is 0 Å². The molecule has 3 rings (SSSR count). The summed E-state index contributed by atoms with van der Waals surface area (Å²) in [5, 5.41) is 0.563. The number of ketones is 1. The number of thioether (sulfide) groups is 1. The van der Waals surface area contributed by atoms with Crippen LogP contribution in [0.5, 0.6) is 11.5 Å². The summed E-state index contributed by atoms with van der Waals surface area (Å²) in [6, 6.07) is 22.7. The highest BCUT2D eigenvalue weighted by atomic mass is 35.5. The zero-order valence-corrected chi connectivity index (χ0v) is 17.3. The smallest absolute Gasteiger partial charge is 0.164 e. The van der Waals surface area contributed by atoms with Crippen LogP contribution in [0.1, 0.15) is 27.6 Å². The molecule has 3 aromatic rings. The quantitative estimate of drug-likeness (QED) is 0.314. The third kappa shape index (κ3) is 5.09. The molecule has 0 aliphatic heterocycles. The molecule has 0 aliphatic rings. The molecule has 0 saturated carbocycles. The Labute approximate surface area is 174 Å². The molecule has 1 atom stereocenters. The van der Waals surface area contributed by atoms with Crippen molar-refractivity contribution in [3.8, 4) is 11.5 Å². The zero-order valence-electron chi connectivity index (χ0n) is 15.7. The van der Waals surface area contributed by atoms with Crippen LogP contribution in [0.2, 0.25) is 5.02 Å². The molecule has 5 heteroatoms. The van der Waals surface area contributed by atoms with Crippen LogP contribution in [0.15, 0.2) is 77.7 Å². The van der Waals surface area contributed by atoms with Crippen molar-refractivity contribution in [2.24, 2.45) is 0 Å². The van der Waals surface area contributed by atoms with E-state index in [-0.39, 0.29) is 11.0 Å². The normalized spacial score (nSPS) is 11.7. The summed E-state index contributed by atoms with van der Waals surface area (Å²) in [5.74, 6) is 1.59. The minimum Gasteiger partial charge on any atom is -0.497 e. The summed E-state index contributed by atoms with van der Waals surface area (Å²) in [5.41, 5.74) is 1.61. The first kappa shape index (κ1) is 20.3. The lowest BCUT2D eigenvalue weighted by Gasteiger charge is -2.18. The SMILES string of the molecule is COc1ccc(SC(CC(=O)c2ccc(OC)cc2)c2ccccc2Cl)cc1. The van der Waals surface area contributed by atoms with Crippen LogP contribution in [0, 0.1) is 0 Å². The summed E-state index contributed by atoms with van der Waals surface area (Å²) >= 11 is 8.06. The van der Waals surface area contributed by atoms with Crippen molar-refractivity contribution < 1.29 is 14.3 Å². The number of halogens is 1. The van der Waals surface area contributed by atoms with Gasteiger partial charge in [-0.25, -0.2) is 0 Å². The Morgan fingerprint density at radius 1 is 0.893 bits per heavy atom. The average Bonchev–Trinajstić information content (AvgIpc) is 2.74. The lowest BCUT2D eigenvalue weighted by molar-refractivity contribution is 0.0982. The third-order valence-corrected chi connectivity index (χ3v) is 5.97. The van der Waals surface area contributed by atoms with E-state index >= 15 is 0 Å². The van der Waals surface area contributed by atoms with E-state index < -0.39 is 0 Å². The molecule has 0 saturated heterocycles. The standard InChI is InChI=1S/C23H21ClO3S/c1-26-17-9-7-16(8-10-17)22(25)15-23(20-5-3-4-6-21(20)24)28-19-13-11-18(27-2)12-14-19/h3-14,23H,15H2,1-2H3. The maximum Gasteiger partial charge on any atom is 0.164 e. The highest BCUT2D eigenvalue weighted by Crippen LogP contribution is 2.41. The van der Waals surface area contributed by atoms with Crippen LogP contribution < -0.4 is 9.47 Å². The number of rotatable bonds is 8. The van der Waals surface area contributed by atoms with Gasteiger partial charge in [0, 0.05) is 27.2 Å². The van der Waals surface area contributed by atoms with Gasteiger partial charge in [-0.3, -0.25) is 4.79 Å². The van der Waals surface area contributed by atoms with Gasteiger partial charge in [-0.05, 0) is 60.2 Å². The molecule has 0 spiro atoms. The minimum absolute atomic E-state index is 0.0635. The first-order valence-corrected chi connectivity index (χ1v) is 10.1. The maximum atomic E-state index is 12.9. The Morgan fingerprint density at radius 3 is 2.04 bits per heavy atom. The second-order valence-electron chi connectivity index (χ2n) is 6.16. The average molecular weight is 413 g/mol. The third-order valence-electron chi connectivity index (χ3n) is 4.37. The molecule has 0 heterocycles. The first-order valence-electron chi connectivity index (χ1n) is 8.83. The van der Waals surface area contributed by atoms with E-state index in [0.717, 1.165) is 22.0 Å². The number of hydrogen-bond acceptors (Lipinski definition) is 4. The van der Waals surface area contributed by atoms with Crippen LogP contribution in [0.25, 0.3) is 0 Å². The Bertz CT molecular complexity index is 923. The van der Waals surface area contributed by atoms with E-state index in [9.17, 15) is 4.79 Å². The highest BCUT2D eigenvalue weighted by molar-refractivity contribution is 7.99. The molecule has 0 bridgehead atoms. The van der Waals surface area contributed by atoms with Crippen molar-refractivity contribution in [1.82, 2.24) is 0 Å². The summed E-state index contributed by atoms with van der Waals surface area (Å²) in [6.07, 6.45) is 0.340. The molecule has 0 amide bonds.